The summed E-state index contributed by atoms with van der Waals surface area (Å²) in [5.74, 6) is 7.62. The normalized spacial score (nSPS) is 19.3. The minimum atomic E-state index is -0.197. The lowest BCUT2D eigenvalue weighted by molar-refractivity contribution is -0.129. The highest BCUT2D eigenvalue weighted by Gasteiger charge is 2.46. The second-order valence-electron chi connectivity index (χ2n) is 11.5. The van der Waals surface area contributed by atoms with E-state index in [-0.39, 0.29) is 30.6 Å². The van der Waals surface area contributed by atoms with Gasteiger partial charge in [-0.2, -0.15) is 0 Å². The molecule has 6 rings (SSSR count). The summed E-state index contributed by atoms with van der Waals surface area (Å²) in [6.45, 7) is 6.42. The summed E-state index contributed by atoms with van der Waals surface area (Å²) < 4.78 is 5.81. The van der Waals surface area contributed by atoms with Crippen molar-refractivity contribution in [1.29, 1.82) is 0 Å². The Morgan fingerprint density at radius 3 is 2.48 bits per heavy atom. The van der Waals surface area contributed by atoms with Gasteiger partial charge >= 0.3 is 0 Å². The van der Waals surface area contributed by atoms with Crippen molar-refractivity contribution < 1.29 is 14.6 Å². The Morgan fingerprint density at radius 1 is 1.05 bits per heavy atom. The molecule has 1 aromatic heterocycles. The van der Waals surface area contributed by atoms with Crippen LogP contribution in [-0.2, 0) is 17.8 Å². The minimum absolute atomic E-state index is 0.0619. The Balaban J connectivity index is 1.02. The van der Waals surface area contributed by atoms with Crippen molar-refractivity contribution in [2.24, 2.45) is 11.1 Å². The standard InChI is InChI=1S/C33H38N6O3/c1-24(41)37-16-18-38(19-17-37)27-8-10-28(11-9-27)42-20-4-6-26-22-35-32(30(23-40)36-26)39-14-12-33(13-15-39)21-25-5-2-3-7-29(25)31(33)34/h2-3,5,7-11,22,31,40H,12-21,23,34H2,1H3/t31-/m1/s1. The van der Waals surface area contributed by atoms with E-state index < -0.39 is 0 Å². The van der Waals surface area contributed by atoms with Crippen molar-refractivity contribution in [3.05, 3.63) is 77.2 Å². The van der Waals surface area contributed by atoms with Gasteiger partial charge in [0.15, 0.2) is 5.82 Å². The zero-order valence-corrected chi connectivity index (χ0v) is 24.1. The molecule has 0 radical (unpaired) electrons. The molecule has 2 aromatic carbocycles. The van der Waals surface area contributed by atoms with Crippen LogP contribution in [0.2, 0.25) is 0 Å². The smallest absolute Gasteiger partial charge is 0.219 e. The number of nitrogens with two attached hydrogens (primary N) is 1. The molecule has 9 heteroatoms. The molecule has 1 amide bonds. The third-order valence-corrected chi connectivity index (χ3v) is 9.08. The van der Waals surface area contributed by atoms with Crippen LogP contribution in [0, 0.1) is 17.3 Å². The first-order valence-corrected chi connectivity index (χ1v) is 14.7. The van der Waals surface area contributed by atoms with Gasteiger partial charge in [-0.05, 0) is 66.0 Å². The number of carbonyl (C=O) groups is 1. The zero-order chi connectivity index (χ0) is 29.1. The Labute approximate surface area is 247 Å². The van der Waals surface area contributed by atoms with Crippen molar-refractivity contribution in [2.45, 2.75) is 38.8 Å². The monoisotopic (exact) mass is 566 g/mol. The van der Waals surface area contributed by atoms with Crippen molar-refractivity contribution >= 4 is 17.4 Å². The van der Waals surface area contributed by atoms with E-state index >= 15 is 0 Å². The van der Waals surface area contributed by atoms with Gasteiger partial charge in [0.2, 0.25) is 5.91 Å². The molecule has 1 spiro atoms. The van der Waals surface area contributed by atoms with Crippen LogP contribution in [0.15, 0.2) is 54.7 Å². The molecular formula is C33H38N6O3. The topological polar surface area (TPSA) is 108 Å². The van der Waals surface area contributed by atoms with Gasteiger partial charge in [-0.25, -0.2) is 9.97 Å². The molecule has 218 valence electrons. The number of carbonyl (C=O) groups excluding carboxylic acids is 1. The highest BCUT2D eigenvalue weighted by Crippen LogP contribution is 2.51. The largest absolute Gasteiger partial charge is 0.481 e. The van der Waals surface area contributed by atoms with Gasteiger partial charge in [0.25, 0.3) is 0 Å². The van der Waals surface area contributed by atoms with Gasteiger partial charge in [0.05, 0.1) is 12.8 Å². The summed E-state index contributed by atoms with van der Waals surface area (Å²) in [6.07, 6.45) is 4.65. The third-order valence-electron chi connectivity index (χ3n) is 9.08. The number of piperazine rings is 1. The number of nitrogens with zero attached hydrogens (tertiary/aromatic N) is 5. The third kappa shape index (κ3) is 5.65. The molecule has 3 aliphatic rings. The van der Waals surface area contributed by atoms with Crippen LogP contribution in [0.5, 0.6) is 5.75 Å². The maximum absolute atomic E-state index is 11.6. The number of piperidine rings is 1. The number of aliphatic hydroxyl groups excluding tert-OH is 1. The van der Waals surface area contributed by atoms with Crippen molar-refractivity contribution in [2.75, 3.05) is 55.7 Å². The summed E-state index contributed by atoms with van der Waals surface area (Å²) in [4.78, 5) is 27.2. The number of hydrogen-bond acceptors (Lipinski definition) is 8. The fraction of sp³-hybridized carbons (Fsp3) is 0.424. The van der Waals surface area contributed by atoms with Gasteiger partial charge in [0.1, 0.15) is 23.7 Å². The van der Waals surface area contributed by atoms with E-state index in [0.717, 1.165) is 75.8 Å². The van der Waals surface area contributed by atoms with Crippen LogP contribution < -0.4 is 20.3 Å². The summed E-state index contributed by atoms with van der Waals surface area (Å²) >= 11 is 0. The molecule has 1 aliphatic carbocycles. The quantitative estimate of drug-likeness (QED) is 0.454. The molecular weight excluding hydrogens is 528 g/mol. The summed E-state index contributed by atoms with van der Waals surface area (Å²) in [6, 6.07) is 16.5. The predicted octanol–water partition coefficient (Wildman–Crippen LogP) is 2.91. The number of fused-ring (bicyclic) bond motifs is 1. The lowest BCUT2D eigenvalue weighted by Gasteiger charge is -2.42. The molecule has 9 nitrogen and oxygen atoms in total. The zero-order valence-electron chi connectivity index (χ0n) is 24.1. The van der Waals surface area contributed by atoms with Crippen LogP contribution in [0.4, 0.5) is 11.5 Å². The van der Waals surface area contributed by atoms with Crippen LogP contribution in [0.1, 0.15) is 48.3 Å². The molecule has 3 N–H and O–H groups in total. The highest BCUT2D eigenvalue weighted by atomic mass is 16.5. The predicted molar refractivity (Wildman–Crippen MR) is 162 cm³/mol. The van der Waals surface area contributed by atoms with Gasteiger partial charge in [-0.3, -0.25) is 4.79 Å². The maximum Gasteiger partial charge on any atom is 0.219 e. The number of amides is 1. The first-order valence-electron chi connectivity index (χ1n) is 14.7. The molecule has 0 unspecified atom stereocenters. The first-order chi connectivity index (χ1) is 20.5. The molecule has 2 aliphatic heterocycles. The van der Waals surface area contributed by atoms with Gasteiger partial charge in [0, 0.05) is 57.9 Å². The number of aliphatic hydroxyl groups is 1. The number of aromatic nitrogens is 2. The van der Waals surface area contributed by atoms with E-state index in [1.807, 2.05) is 29.2 Å². The van der Waals surface area contributed by atoms with Gasteiger partial charge in [-0.1, -0.05) is 30.2 Å². The highest BCUT2D eigenvalue weighted by molar-refractivity contribution is 5.73. The lowest BCUT2D eigenvalue weighted by atomic mass is 9.73. The number of ether oxygens (including phenoxy) is 1. The van der Waals surface area contributed by atoms with Crippen LogP contribution in [0.25, 0.3) is 0 Å². The summed E-state index contributed by atoms with van der Waals surface area (Å²) in [5, 5.41) is 10.1. The fourth-order valence-electron chi connectivity index (χ4n) is 6.60. The van der Waals surface area contributed by atoms with Crippen molar-refractivity contribution in [3.8, 4) is 17.6 Å². The second kappa shape index (κ2) is 12.0. The molecule has 3 aromatic rings. The number of anilines is 2. The van der Waals surface area contributed by atoms with Crippen LogP contribution >= 0.6 is 0 Å². The molecule has 2 saturated heterocycles. The van der Waals surface area contributed by atoms with Crippen LogP contribution in [0.3, 0.4) is 0 Å². The molecule has 1 atom stereocenters. The number of rotatable bonds is 5. The summed E-state index contributed by atoms with van der Waals surface area (Å²) in [7, 11) is 0. The van der Waals surface area contributed by atoms with E-state index in [1.54, 1.807) is 13.1 Å². The van der Waals surface area contributed by atoms with E-state index in [4.69, 9.17) is 10.5 Å². The summed E-state index contributed by atoms with van der Waals surface area (Å²) in [5.41, 5.74) is 11.6. The molecule has 0 bridgehead atoms. The molecule has 3 heterocycles. The molecule has 0 saturated carbocycles. The number of hydrogen-bond donors (Lipinski definition) is 2. The molecule has 42 heavy (non-hydrogen) atoms. The Hall–Kier alpha value is -4.13. The molecule has 2 fully saturated rings. The average Bonchev–Trinajstić information content (AvgIpc) is 3.30. The maximum atomic E-state index is 11.6. The lowest BCUT2D eigenvalue weighted by Crippen LogP contribution is -2.48. The van der Waals surface area contributed by atoms with E-state index in [2.05, 4.69) is 55.9 Å². The van der Waals surface area contributed by atoms with Crippen molar-refractivity contribution in [3.63, 3.8) is 0 Å². The van der Waals surface area contributed by atoms with Gasteiger partial charge < -0.3 is 30.3 Å². The van der Waals surface area contributed by atoms with Gasteiger partial charge in [-0.15, -0.1) is 0 Å². The van der Waals surface area contributed by atoms with E-state index in [0.29, 0.717) is 11.4 Å². The second-order valence-corrected chi connectivity index (χ2v) is 11.5. The average molecular weight is 567 g/mol. The Morgan fingerprint density at radius 2 is 1.79 bits per heavy atom. The van der Waals surface area contributed by atoms with Crippen molar-refractivity contribution in [1.82, 2.24) is 14.9 Å². The SMILES string of the molecule is CC(=O)N1CCN(c2ccc(OCC#Cc3cnc(N4CCC5(CC4)Cc4ccccc4[C@H]5N)c(CO)n3)cc2)CC1. The fourth-order valence-corrected chi connectivity index (χ4v) is 6.60. The number of benzene rings is 2. The Bertz CT molecular complexity index is 1480. The van der Waals surface area contributed by atoms with E-state index in [9.17, 15) is 9.90 Å². The Kier molecular flexibility index (Phi) is 8.00. The first kappa shape index (κ1) is 28.0. The minimum Gasteiger partial charge on any atom is -0.481 e. The van der Waals surface area contributed by atoms with Crippen LogP contribution in [-0.4, -0.2) is 71.8 Å². The van der Waals surface area contributed by atoms with E-state index in [1.165, 1.54) is 11.1 Å².